The molecule has 1 amide bonds. The van der Waals surface area contributed by atoms with Crippen LogP contribution in [-0.2, 0) is 17.9 Å². The first kappa shape index (κ1) is 19.1. The van der Waals surface area contributed by atoms with Crippen LogP contribution in [-0.4, -0.2) is 25.3 Å². The van der Waals surface area contributed by atoms with Gasteiger partial charge in [-0.15, -0.1) is 0 Å². The van der Waals surface area contributed by atoms with Gasteiger partial charge in [0, 0.05) is 16.6 Å². The molecular weight excluding hydrogens is 434 g/mol. The third kappa shape index (κ3) is 4.27. The normalized spacial score (nSPS) is 11.0. The minimum absolute atomic E-state index is 0.153. The number of aryl methyl sites for hydroxylation is 1. The molecule has 4 aromatic rings. The molecule has 0 radical (unpaired) electrons. The molecule has 0 atom stereocenters. The summed E-state index contributed by atoms with van der Waals surface area (Å²) < 4.78 is 3.54. The number of hydrogen-bond donors (Lipinski definition) is 1. The molecule has 4 rings (SSSR count). The van der Waals surface area contributed by atoms with Crippen LogP contribution in [0.15, 0.2) is 70.2 Å². The highest BCUT2D eigenvalue weighted by atomic mass is 79.9. The maximum absolute atomic E-state index is 12.7. The van der Waals surface area contributed by atoms with Crippen molar-refractivity contribution >= 4 is 27.4 Å². The van der Waals surface area contributed by atoms with Gasteiger partial charge in [-0.1, -0.05) is 57.9 Å². The Morgan fingerprint density at radius 2 is 1.83 bits per heavy atom. The van der Waals surface area contributed by atoms with Gasteiger partial charge in [0.15, 0.2) is 0 Å². The Balaban J connectivity index is 1.51. The second-order valence-corrected chi connectivity index (χ2v) is 7.64. The molecule has 0 aliphatic carbocycles. The van der Waals surface area contributed by atoms with Gasteiger partial charge in [0.05, 0.1) is 5.69 Å². The quantitative estimate of drug-likeness (QED) is 0.505. The number of hydrogen-bond acceptors (Lipinski definition) is 4. The third-order valence-electron chi connectivity index (χ3n) is 4.53. The fraction of sp³-hybridized carbons (Fsp3) is 0.143. The number of nitrogens with one attached hydrogen (secondary N) is 1. The largest absolute Gasteiger partial charge is 0.350 e. The van der Waals surface area contributed by atoms with Crippen molar-refractivity contribution in [1.29, 1.82) is 0 Å². The van der Waals surface area contributed by atoms with Crippen LogP contribution in [0.5, 0.6) is 0 Å². The zero-order chi connectivity index (χ0) is 20.4. The van der Waals surface area contributed by atoms with Crippen LogP contribution in [0.1, 0.15) is 11.1 Å². The van der Waals surface area contributed by atoms with E-state index < -0.39 is 0 Å². The standard InChI is InChI=1S/C21H18BrN5O2/c1-14-2-4-15(5-3-14)11-23-20(28)12-26-21(29)19-10-18(25-27(19)13-24-26)16-6-8-17(22)9-7-16/h2-10,13H,11-12H2,1H3,(H,23,28). The topological polar surface area (TPSA) is 81.3 Å². The first-order valence-corrected chi connectivity index (χ1v) is 9.82. The Kier molecular flexibility index (Phi) is 5.26. The van der Waals surface area contributed by atoms with E-state index in [1.807, 2.05) is 55.5 Å². The molecule has 8 heteroatoms. The highest BCUT2D eigenvalue weighted by molar-refractivity contribution is 9.10. The van der Waals surface area contributed by atoms with E-state index in [0.717, 1.165) is 25.8 Å². The van der Waals surface area contributed by atoms with Gasteiger partial charge in [-0.25, -0.2) is 9.20 Å². The number of nitrogens with zero attached hydrogens (tertiary/aromatic N) is 4. The van der Waals surface area contributed by atoms with E-state index >= 15 is 0 Å². The molecule has 0 spiro atoms. The molecule has 0 saturated heterocycles. The Morgan fingerprint density at radius 1 is 1.10 bits per heavy atom. The first-order valence-electron chi connectivity index (χ1n) is 9.03. The summed E-state index contributed by atoms with van der Waals surface area (Å²) >= 11 is 3.40. The fourth-order valence-corrected chi connectivity index (χ4v) is 3.18. The summed E-state index contributed by atoms with van der Waals surface area (Å²) in [6.07, 6.45) is 1.44. The van der Waals surface area contributed by atoms with E-state index in [1.165, 1.54) is 10.8 Å². The van der Waals surface area contributed by atoms with Gasteiger partial charge in [-0.05, 0) is 30.7 Å². The van der Waals surface area contributed by atoms with Crippen LogP contribution in [0.25, 0.3) is 16.8 Å². The van der Waals surface area contributed by atoms with Gasteiger partial charge in [-0.3, -0.25) is 9.59 Å². The lowest BCUT2D eigenvalue weighted by molar-refractivity contribution is -0.122. The summed E-state index contributed by atoms with van der Waals surface area (Å²) in [5, 5.41) is 11.3. The van der Waals surface area contributed by atoms with E-state index in [9.17, 15) is 9.59 Å². The number of amides is 1. The molecule has 0 fully saturated rings. The van der Waals surface area contributed by atoms with Crippen LogP contribution in [0.3, 0.4) is 0 Å². The van der Waals surface area contributed by atoms with Crippen LogP contribution < -0.4 is 10.9 Å². The van der Waals surface area contributed by atoms with E-state index in [4.69, 9.17) is 0 Å². The average Bonchev–Trinajstić information content (AvgIpc) is 3.15. The Bertz CT molecular complexity index is 1230. The number of rotatable bonds is 5. The highest BCUT2D eigenvalue weighted by Crippen LogP contribution is 2.20. The van der Waals surface area contributed by atoms with Gasteiger partial charge in [0.1, 0.15) is 18.4 Å². The first-order chi connectivity index (χ1) is 14.0. The van der Waals surface area contributed by atoms with E-state index in [-0.39, 0.29) is 18.0 Å². The zero-order valence-electron chi connectivity index (χ0n) is 15.7. The number of benzene rings is 2. The predicted octanol–water partition coefficient (Wildman–Crippen LogP) is 2.95. The summed E-state index contributed by atoms with van der Waals surface area (Å²) in [5.41, 5.74) is 3.71. The summed E-state index contributed by atoms with van der Waals surface area (Å²) in [5.74, 6) is -0.280. The molecule has 0 saturated carbocycles. The van der Waals surface area contributed by atoms with Crippen molar-refractivity contribution in [3.05, 3.63) is 86.9 Å². The zero-order valence-corrected chi connectivity index (χ0v) is 17.3. The average molecular weight is 452 g/mol. The van der Waals surface area contributed by atoms with Gasteiger partial charge >= 0.3 is 0 Å². The smallest absolute Gasteiger partial charge is 0.293 e. The minimum atomic E-state index is -0.367. The van der Waals surface area contributed by atoms with Crippen LogP contribution >= 0.6 is 15.9 Å². The van der Waals surface area contributed by atoms with Crippen molar-refractivity contribution in [2.75, 3.05) is 0 Å². The summed E-state index contributed by atoms with van der Waals surface area (Å²) in [6, 6.07) is 17.3. The predicted molar refractivity (Wildman–Crippen MR) is 113 cm³/mol. The van der Waals surface area contributed by atoms with Crippen LogP contribution in [0.4, 0.5) is 0 Å². The monoisotopic (exact) mass is 451 g/mol. The minimum Gasteiger partial charge on any atom is -0.350 e. The van der Waals surface area contributed by atoms with Crippen LogP contribution in [0.2, 0.25) is 0 Å². The molecule has 0 aliphatic rings. The lowest BCUT2D eigenvalue weighted by atomic mass is 10.1. The maximum Gasteiger partial charge on any atom is 0.293 e. The Labute approximate surface area is 175 Å². The maximum atomic E-state index is 12.7. The molecule has 7 nitrogen and oxygen atoms in total. The number of carbonyl (C=O) groups excluding carboxylic acids is 1. The summed E-state index contributed by atoms with van der Waals surface area (Å²) in [7, 11) is 0. The molecule has 1 N–H and O–H groups in total. The van der Waals surface area contributed by atoms with Gasteiger partial charge < -0.3 is 5.32 Å². The van der Waals surface area contributed by atoms with Crippen molar-refractivity contribution in [3.8, 4) is 11.3 Å². The Hall–Kier alpha value is -3.26. The highest BCUT2D eigenvalue weighted by Gasteiger charge is 2.12. The van der Waals surface area contributed by atoms with Gasteiger partial charge in [-0.2, -0.15) is 10.2 Å². The number of aromatic nitrogens is 4. The van der Waals surface area contributed by atoms with Crippen molar-refractivity contribution in [2.45, 2.75) is 20.0 Å². The molecule has 2 aromatic heterocycles. The fourth-order valence-electron chi connectivity index (χ4n) is 2.91. The number of halogens is 1. The third-order valence-corrected chi connectivity index (χ3v) is 5.06. The summed E-state index contributed by atoms with van der Waals surface area (Å²) in [6.45, 7) is 2.26. The van der Waals surface area contributed by atoms with E-state index in [0.29, 0.717) is 17.8 Å². The molecule has 146 valence electrons. The molecule has 2 heterocycles. The summed E-state index contributed by atoms with van der Waals surface area (Å²) in [4.78, 5) is 25.0. The van der Waals surface area contributed by atoms with Crippen molar-refractivity contribution in [2.24, 2.45) is 0 Å². The van der Waals surface area contributed by atoms with Crippen molar-refractivity contribution in [1.82, 2.24) is 24.7 Å². The molecule has 29 heavy (non-hydrogen) atoms. The second-order valence-electron chi connectivity index (χ2n) is 6.72. The molecule has 2 aromatic carbocycles. The molecule has 0 aliphatic heterocycles. The van der Waals surface area contributed by atoms with Gasteiger partial charge in [0.2, 0.25) is 5.91 Å². The SMILES string of the molecule is Cc1ccc(CNC(=O)Cn2ncn3nc(-c4ccc(Br)cc4)cc3c2=O)cc1. The number of carbonyl (C=O) groups is 1. The van der Waals surface area contributed by atoms with Crippen LogP contribution in [0, 0.1) is 6.92 Å². The van der Waals surface area contributed by atoms with Gasteiger partial charge in [0.25, 0.3) is 5.56 Å². The number of fused-ring (bicyclic) bond motifs is 1. The molecule has 0 bridgehead atoms. The molecule has 0 unspecified atom stereocenters. The van der Waals surface area contributed by atoms with Crippen molar-refractivity contribution in [3.63, 3.8) is 0 Å². The Morgan fingerprint density at radius 3 is 2.55 bits per heavy atom. The second kappa shape index (κ2) is 8.00. The van der Waals surface area contributed by atoms with E-state index in [1.54, 1.807) is 6.07 Å². The molecular formula is C21H18BrN5O2. The lowest BCUT2D eigenvalue weighted by Crippen LogP contribution is -2.34. The van der Waals surface area contributed by atoms with E-state index in [2.05, 4.69) is 31.4 Å². The van der Waals surface area contributed by atoms with Crippen molar-refractivity contribution < 1.29 is 4.79 Å². The lowest BCUT2D eigenvalue weighted by Gasteiger charge is -2.07.